The van der Waals surface area contributed by atoms with Crippen molar-refractivity contribution in [3.63, 3.8) is 0 Å². The summed E-state index contributed by atoms with van der Waals surface area (Å²) in [7, 11) is 1.40. The molecule has 23 heavy (non-hydrogen) atoms. The minimum atomic E-state index is -0.235. The molecule has 3 rings (SSSR count). The second-order valence-corrected chi connectivity index (χ2v) is 5.40. The molecular weight excluding hydrogens is 288 g/mol. The van der Waals surface area contributed by atoms with Crippen molar-refractivity contribution in [3.05, 3.63) is 65.9 Å². The molecule has 0 atom stereocenters. The normalized spacial score (nSPS) is 10.5. The third-order valence-electron chi connectivity index (χ3n) is 3.65. The first-order chi connectivity index (χ1) is 11.2. The minimum absolute atomic E-state index is 0.235. The first-order valence-electron chi connectivity index (χ1n) is 7.45. The lowest BCUT2D eigenvalue weighted by molar-refractivity contribution is -0.139. The van der Waals surface area contributed by atoms with E-state index in [1.807, 2.05) is 55.5 Å². The molecule has 116 valence electrons. The fraction of sp³-hybridized carbons (Fsp3) is 0.158. The van der Waals surface area contributed by atoms with E-state index in [1.165, 1.54) is 7.11 Å². The SMILES string of the molecule is COC(=O)Cc1ccc(Nc2cc(C)nc3ccccc23)cc1. The summed E-state index contributed by atoms with van der Waals surface area (Å²) in [5.41, 5.74) is 4.85. The van der Waals surface area contributed by atoms with E-state index in [1.54, 1.807) is 0 Å². The number of ether oxygens (including phenoxy) is 1. The highest BCUT2D eigenvalue weighted by molar-refractivity contribution is 5.93. The molecule has 0 radical (unpaired) electrons. The number of rotatable bonds is 4. The van der Waals surface area contributed by atoms with Gasteiger partial charge in [-0.25, -0.2) is 0 Å². The Morgan fingerprint density at radius 3 is 2.61 bits per heavy atom. The van der Waals surface area contributed by atoms with E-state index in [9.17, 15) is 4.79 Å². The van der Waals surface area contributed by atoms with Crippen LogP contribution in [0, 0.1) is 6.92 Å². The van der Waals surface area contributed by atoms with E-state index in [2.05, 4.69) is 21.1 Å². The molecule has 0 spiro atoms. The fourth-order valence-corrected chi connectivity index (χ4v) is 2.51. The molecule has 1 aromatic heterocycles. The number of carbonyl (C=O) groups is 1. The fourth-order valence-electron chi connectivity index (χ4n) is 2.51. The largest absolute Gasteiger partial charge is 0.469 e. The molecule has 0 saturated carbocycles. The van der Waals surface area contributed by atoms with Crippen LogP contribution < -0.4 is 5.32 Å². The quantitative estimate of drug-likeness (QED) is 0.740. The van der Waals surface area contributed by atoms with Crippen LogP contribution in [0.4, 0.5) is 11.4 Å². The van der Waals surface area contributed by atoms with Gasteiger partial charge in [0.05, 0.1) is 19.0 Å². The Kier molecular flexibility index (Phi) is 4.24. The highest BCUT2D eigenvalue weighted by Crippen LogP contribution is 2.26. The second kappa shape index (κ2) is 6.48. The highest BCUT2D eigenvalue weighted by atomic mass is 16.5. The summed E-state index contributed by atoms with van der Waals surface area (Å²) in [5.74, 6) is -0.235. The maximum Gasteiger partial charge on any atom is 0.309 e. The van der Waals surface area contributed by atoms with Gasteiger partial charge in [-0.15, -0.1) is 0 Å². The van der Waals surface area contributed by atoms with Crippen LogP contribution >= 0.6 is 0 Å². The molecular formula is C19H18N2O2. The number of hydrogen-bond donors (Lipinski definition) is 1. The van der Waals surface area contributed by atoms with Crippen LogP contribution in [0.2, 0.25) is 0 Å². The monoisotopic (exact) mass is 306 g/mol. The van der Waals surface area contributed by atoms with E-state index in [4.69, 9.17) is 0 Å². The molecule has 0 aliphatic rings. The Morgan fingerprint density at radius 2 is 1.87 bits per heavy atom. The number of para-hydroxylation sites is 1. The third kappa shape index (κ3) is 3.48. The van der Waals surface area contributed by atoms with Gasteiger partial charge in [-0.3, -0.25) is 9.78 Å². The van der Waals surface area contributed by atoms with Gasteiger partial charge in [0, 0.05) is 22.5 Å². The molecule has 4 nitrogen and oxygen atoms in total. The first kappa shape index (κ1) is 15.0. The van der Waals surface area contributed by atoms with Crippen LogP contribution in [0.5, 0.6) is 0 Å². The maximum absolute atomic E-state index is 11.3. The van der Waals surface area contributed by atoms with Crippen molar-refractivity contribution in [2.75, 3.05) is 12.4 Å². The number of hydrogen-bond acceptors (Lipinski definition) is 4. The molecule has 0 amide bonds. The van der Waals surface area contributed by atoms with Gasteiger partial charge in [-0.2, -0.15) is 0 Å². The van der Waals surface area contributed by atoms with E-state index in [0.717, 1.165) is 33.5 Å². The van der Waals surface area contributed by atoms with Crippen molar-refractivity contribution >= 4 is 28.2 Å². The average molecular weight is 306 g/mol. The lowest BCUT2D eigenvalue weighted by Crippen LogP contribution is -2.04. The maximum atomic E-state index is 11.3. The standard InChI is InChI=1S/C19H18N2O2/c1-13-11-18(16-5-3-4-6-17(16)20-13)21-15-9-7-14(8-10-15)12-19(22)23-2/h3-11H,12H2,1-2H3,(H,20,21). The molecule has 1 heterocycles. The topological polar surface area (TPSA) is 51.2 Å². The molecule has 0 unspecified atom stereocenters. The van der Waals surface area contributed by atoms with Crippen LogP contribution in [0.3, 0.4) is 0 Å². The Labute approximate surface area is 135 Å². The van der Waals surface area contributed by atoms with Gasteiger partial charge < -0.3 is 10.1 Å². The van der Waals surface area contributed by atoms with E-state index < -0.39 is 0 Å². The average Bonchev–Trinajstić information content (AvgIpc) is 2.56. The lowest BCUT2D eigenvalue weighted by atomic mass is 10.1. The molecule has 4 heteroatoms. The Balaban J connectivity index is 1.86. The smallest absolute Gasteiger partial charge is 0.309 e. The number of anilines is 2. The van der Waals surface area contributed by atoms with Crippen LogP contribution in [-0.4, -0.2) is 18.1 Å². The molecule has 0 saturated heterocycles. The van der Waals surface area contributed by atoms with Gasteiger partial charge >= 0.3 is 5.97 Å². The van der Waals surface area contributed by atoms with Crippen molar-refractivity contribution < 1.29 is 9.53 Å². The first-order valence-corrected chi connectivity index (χ1v) is 7.45. The summed E-state index contributed by atoms with van der Waals surface area (Å²) in [6.45, 7) is 1.98. The molecule has 0 bridgehead atoms. The number of fused-ring (bicyclic) bond motifs is 1. The predicted octanol–water partition coefficient (Wildman–Crippen LogP) is 4.00. The van der Waals surface area contributed by atoms with Gasteiger partial charge in [0.15, 0.2) is 0 Å². The number of aromatic nitrogens is 1. The number of nitrogens with zero attached hydrogens (tertiary/aromatic N) is 1. The molecule has 0 fully saturated rings. The number of carbonyl (C=O) groups excluding carboxylic acids is 1. The minimum Gasteiger partial charge on any atom is -0.469 e. The summed E-state index contributed by atoms with van der Waals surface area (Å²) < 4.78 is 4.68. The lowest BCUT2D eigenvalue weighted by Gasteiger charge is -2.11. The summed E-state index contributed by atoms with van der Waals surface area (Å²) >= 11 is 0. The molecule has 1 N–H and O–H groups in total. The summed E-state index contributed by atoms with van der Waals surface area (Å²) in [5, 5.41) is 4.51. The molecule has 0 aliphatic carbocycles. The Bertz CT molecular complexity index is 842. The predicted molar refractivity (Wildman–Crippen MR) is 91.9 cm³/mol. The van der Waals surface area contributed by atoms with Crippen LogP contribution in [0.25, 0.3) is 10.9 Å². The molecule has 0 aliphatic heterocycles. The van der Waals surface area contributed by atoms with E-state index in [-0.39, 0.29) is 12.4 Å². The van der Waals surface area contributed by atoms with Gasteiger partial charge in [0.25, 0.3) is 0 Å². The van der Waals surface area contributed by atoms with Gasteiger partial charge in [0.2, 0.25) is 0 Å². The number of aryl methyl sites for hydroxylation is 1. The molecule has 3 aromatic rings. The Morgan fingerprint density at radius 1 is 1.13 bits per heavy atom. The number of benzene rings is 2. The second-order valence-electron chi connectivity index (χ2n) is 5.40. The van der Waals surface area contributed by atoms with Crippen LogP contribution in [0.15, 0.2) is 54.6 Å². The van der Waals surface area contributed by atoms with Crippen LogP contribution in [-0.2, 0) is 16.0 Å². The van der Waals surface area contributed by atoms with E-state index in [0.29, 0.717) is 0 Å². The number of nitrogens with one attached hydrogen (secondary N) is 1. The van der Waals surface area contributed by atoms with Crippen molar-refractivity contribution in [1.29, 1.82) is 0 Å². The summed E-state index contributed by atoms with van der Waals surface area (Å²) in [6, 6.07) is 17.9. The van der Waals surface area contributed by atoms with Crippen molar-refractivity contribution in [3.8, 4) is 0 Å². The van der Waals surface area contributed by atoms with Gasteiger partial charge in [0.1, 0.15) is 0 Å². The zero-order valence-corrected chi connectivity index (χ0v) is 13.2. The van der Waals surface area contributed by atoms with E-state index >= 15 is 0 Å². The zero-order valence-electron chi connectivity index (χ0n) is 13.2. The molecule has 2 aromatic carbocycles. The van der Waals surface area contributed by atoms with Crippen molar-refractivity contribution in [1.82, 2.24) is 4.98 Å². The number of methoxy groups -OCH3 is 1. The van der Waals surface area contributed by atoms with Crippen molar-refractivity contribution in [2.45, 2.75) is 13.3 Å². The zero-order chi connectivity index (χ0) is 16.2. The Hall–Kier alpha value is -2.88. The number of pyridine rings is 1. The van der Waals surface area contributed by atoms with Gasteiger partial charge in [-0.05, 0) is 36.8 Å². The number of esters is 1. The summed E-state index contributed by atoms with van der Waals surface area (Å²) in [4.78, 5) is 15.8. The van der Waals surface area contributed by atoms with Gasteiger partial charge in [-0.1, -0.05) is 30.3 Å². The van der Waals surface area contributed by atoms with Crippen molar-refractivity contribution in [2.24, 2.45) is 0 Å². The third-order valence-corrected chi connectivity index (χ3v) is 3.65. The van der Waals surface area contributed by atoms with Crippen LogP contribution in [0.1, 0.15) is 11.3 Å². The highest BCUT2D eigenvalue weighted by Gasteiger charge is 2.05. The summed E-state index contributed by atoms with van der Waals surface area (Å²) in [6.07, 6.45) is 0.286.